The Morgan fingerprint density at radius 1 is 1.00 bits per heavy atom. The standard InChI is InChI=1S/C17H22N2/c1-12-8-13(2)10-15(9-12)11-19-14(3)18-16-6-4-5-7-17(16)19/h8-10H,4-7,11H2,1-3H3. The first kappa shape index (κ1) is 12.5. The maximum atomic E-state index is 4.76. The number of aryl methyl sites for hydroxylation is 4. The molecule has 0 bridgehead atoms. The van der Waals surface area contributed by atoms with Crippen LogP contribution in [0.15, 0.2) is 18.2 Å². The van der Waals surface area contributed by atoms with Crippen molar-refractivity contribution in [2.75, 3.05) is 0 Å². The second-order valence-corrected chi connectivity index (χ2v) is 5.84. The Morgan fingerprint density at radius 2 is 1.68 bits per heavy atom. The summed E-state index contributed by atoms with van der Waals surface area (Å²) in [7, 11) is 0. The van der Waals surface area contributed by atoms with Crippen LogP contribution in [0.1, 0.15) is 46.7 Å². The molecule has 0 saturated heterocycles. The van der Waals surface area contributed by atoms with E-state index in [1.54, 1.807) is 0 Å². The van der Waals surface area contributed by atoms with Gasteiger partial charge in [0.15, 0.2) is 0 Å². The lowest BCUT2D eigenvalue weighted by atomic mass is 10.0. The van der Waals surface area contributed by atoms with Crippen LogP contribution in [0.4, 0.5) is 0 Å². The van der Waals surface area contributed by atoms with E-state index < -0.39 is 0 Å². The SMILES string of the molecule is Cc1cc(C)cc(Cn2c(C)nc3c2CCCC3)c1. The van der Waals surface area contributed by atoms with E-state index in [0.29, 0.717) is 0 Å². The van der Waals surface area contributed by atoms with E-state index in [9.17, 15) is 0 Å². The van der Waals surface area contributed by atoms with Gasteiger partial charge in [-0.2, -0.15) is 0 Å². The first-order valence-corrected chi connectivity index (χ1v) is 7.25. The number of nitrogens with zero attached hydrogens (tertiary/aromatic N) is 2. The Morgan fingerprint density at radius 3 is 2.42 bits per heavy atom. The Hall–Kier alpha value is -1.57. The Bertz CT molecular complexity index is 588. The highest BCUT2D eigenvalue weighted by molar-refractivity contribution is 5.30. The van der Waals surface area contributed by atoms with E-state index in [0.717, 1.165) is 13.0 Å². The van der Waals surface area contributed by atoms with E-state index in [1.807, 2.05) is 0 Å². The minimum atomic E-state index is 0.969. The van der Waals surface area contributed by atoms with E-state index in [1.165, 1.54) is 53.2 Å². The Balaban J connectivity index is 1.96. The lowest BCUT2D eigenvalue weighted by Gasteiger charge is -2.15. The van der Waals surface area contributed by atoms with Gasteiger partial charge in [-0.05, 0) is 52.0 Å². The topological polar surface area (TPSA) is 17.8 Å². The number of rotatable bonds is 2. The van der Waals surface area contributed by atoms with Gasteiger partial charge in [-0.3, -0.25) is 0 Å². The van der Waals surface area contributed by atoms with E-state index in [-0.39, 0.29) is 0 Å². The van der Waals surface area contributed by atoms with E-state index in [2.05, 4.69) is 43.5 Å². The van der Waals surface area contributed by atoms with Crippen LogP contribution in [0.2, 0.25) is 0 Å². The van der Waals surface area contributed by atoms with Crippen molar-refractivity contribution in [2.45, 2.75) is 53.0 Å². The molecule has 0 amide bonds. The molecular formula is C17H22N2. The van der Waals surface area contributed by atoms with Crippen LogP contribution in [0.3, 0.4) is 0 Å². The summed E-state index contributed by atoms with van der Waals surface area (Å²) in [6.07, 6.45) is 4.97. The lowest BCUT2D eigenvalue weighted by molar-refractivity contribution is 0.624. The normalized spacial score (nSPS) is 14.5. The van der Waals surface area contributed by atoms with Gasteiger partial charge in [0.05, 0.1) is 5.69 Å². The molecule has 0 atom stereocenters. The number of aromatic nitrogens is 2. The highest BCUT2D eigenvalue weighted by Crippen LogP contribution is 2.23. The molecule has 19 heavy (non-hydrogen) atoms. The van der Waals surface area contributed by atoms with Crippen molar-refractivity contribution < 1.29 is 0 Å². The Labute approximate surface area is 115 Å². The molecular weight excluding hydrogens is 232 g/mol. The average Bonchev–Trinajstić information content (AvgIpc) is 2.65. The molecule has 2 nitrogen and oxygen atoms in total. The second-order valence-electron chi connectivity index (χ2n) is 5.84. The molecule has 0 radical (unpaired) electrons. The third kappa shape index (κ3) is 2.44. The number of fused-ring (bicyclic) bond motifs is 1. The zero-order valence-corrected chi connectivity index (χ0v) is 12.2. The molecule has 3 rings (SSSR count). The molecule has 0 fully saturated rings. The fraction of sp³-hybridized carbons (Fsp3) is 0.471. The van der Waals surface area contributed by atoms with Crippen molar-refractivity contribution in [2.24, 2.45) is 0 Å². The molecule has 1 aromatic carbocycles. The molecule has 2 aromatic rings. The van der Waals surface area contributed by atoms with Gasteiger partial charge in [-0.25, -0.2) is 4.98 Å². The number of imidazole rings is 1. The summed E-state index contributed by atoms with van der Waals surface area (Å²) in [4.78, 5) is 4.76. The third-order valence-corrected chi connectivity index (χ3v) is 4.05. The Kier molecular flexibility index (Phi) is 3.17. The molecule has 0 N–H and O–H groups in total. The van der Waals surface area contributed by atoms with Crippen molar-refractivity contribution in [3.8, 4) is 0 Å². The predicted molar refractivity (Wildman–Crippen MR) is 78.6 cm³/mol. The number of hydrogen-bond donors (Lipinski definition) is 0. The predicted octanol–water partition coefficient (Wildman–Crippen LogP) is 3.74. The monoisotopic (exact) mass is 254 g/mol. The van der Waals surface area contributed by atoms with Gasteiger partial charge in [0.2, 0.25) is 0 Å². The highest BCUT2D eigenvalue weighted by atomic mass is 15.1. The summed E-state index contributed by atoms with van der Waals surface area (Å²) in [5.74, 6) is 1.17. The highest BCUT2D eigenvalue weighted by Gasteiger charge is 2.17. The van der Waals surface area contributed by atoms with Gasteiger partial charge in [-0.15, -0.1) is 0 Å². The van der Waals surface area contributed by atoms with E-state index in [4.69, 9.17) is 4.98 Å². The molecule has 100 valence electrons. The van der Waals surface area contributed by atoms with Gasteiger partial charge in [-0.1, -0.05) is 29.3 Å². The number of benzene rings is 1. The number of hydrogen-bond acceptors (Lipinski definition) is 1. The smallest absolute Gasteiger partial charge is 0.106 e. The van der Waals surface area contributed by atoms with Gasteiger partial charge in [0, 0.05) is 12.2 Å². The van der Waals surface area contributed by atoms with Crippen LogP contribution >= 0.6 is 0 Å². The van der Waals surface area contributed by atoms with Crippen LogP contribution in [-0.2, 0) is 19.4 Å². The van der Waals surface area contributed by atoms with E-state index >= 15 is 0 Å². The first-order valence-electron chi connectivity index (χ1n) is 7.25. The van der Waals surface area contributed by atoms with Crippen LogP contribution in [0.25, 0.3) is 0 Å². The molecule has 1 aromatic heterocycles. The second kappa shape index (κ2) is 4.84. The van der Waals surface area contributed by atoms with Crippen LogP contribution < -0.4 is 0 Å². The van der Waals surface area contributed by atoms with Crippen molar-refractivity contribution in [3.05, 3.63) is 52.1 Å². The lowest BCUT2D eigenvalue weighted by Crippen LogP contribution is -2.10. The van der Waals surface area contributed by atoms with Crippen molar-refractivity contribution in [1.29, 1.82) is 0 Å². The molecule has 0 aliphatic heterocycles. The van der Waals surface area contributed by atoms with Crippen LogP contribution in [0, 0.1) is 20.8 Å². The first-order chi connectivity index (χ1) is 9.13. The van der Waals surface area contributed by atoms with Crippen molar-refractivity contribution in [3.63, 3.8) is 0 Å². The summed E-state index contributed by atoms with van der Waals surface area (Å²) >= 11 is 0. The maximum Gasteiger partial charge on any atom is 0.106 e. The fourth-order valence-corrected chi connectivity index (χ4v) is 3.29. The van der Waals surface area contributed by atoms with Gasteiger partial charge in [0.25, 0.3) is 0 Å². The largest absolute Gasteiger partial charge is 0.328 e. The fourth-order valence-electron chi connectivity index (χ4n) is 3.29. The molecule has 0 saturated carbocycles. The summed E-state index contributed by atoms with van der Waals surface area (Å²) in [6, 6.07) is 6.82. The third-order valence-electron chi connectivity index (χ3n) is 4.05. The minimum Gasteiger partial charge on any atom is -0.328 e. The zero-order valence-electron chi connectivity index (χ0n) is 12.2. The molecule has 2 heteroatoms. The van der Waals surface area contributed by atoms with Crippen LogP contribution in [-0.4, -0.2) is 9.55 Å². The van der Waals surface area contributed by atoms with Crippen LogP contribution in [0.5, 0.6) is 0 Å². The molecule has 0 unspecified atom stereocenters. The minimum absolute atomic E-state index is 0.969. The summed E-state index contributed by atoms with van der Waals surface area (Å²) < 4.78 is 2.42. The molecule has 1 aliphatic carbocycles. The molecule has 1 heterocycles. The molecule has 0 spiro atoms. The maximum absolute atomic E-state index is 4.76. The van der Waals surface area contributed by atoms with Gasteiger partial charge >= 0.3 is 0 Å². The quantitative estimate of drug-likeness (QED) is 0.798. The van der Waals surface area contributed by atoms with Gasteiger partial charge < -0.3 is 4.57 Å². The van der Waals surface area contributed by atoms with Gasteiger partial charge in [0.1, 0.15) is 5.82 Å². The van der Waals surface area contributed by atoms with Crippen molar-refractivity contribution >= 4 is 0 Å². The average molecular weight is 254 g/mol. The van der Waals surface area contributed by atoms with Crippen molar-refractivity contribution in [1.82, 2.24) is 9.55 Å². The summed E-state index contributed by atoms with van der Waals surface area (Å²) in [5.41, 5.74) is 6.91. The zero-order chi connectivity index (χ0) is 13.4. The summed E-state index contributed by atoms with van der Waals surface area (Å²) in [5, 5.41) is 0. The summed E-state index contributed by atoms with van der Waals surface area (Å²) in [6.45, 7) is 7.46. The molecule has 1 aliphatic rings.